The summed E-state index contributed by atoms with van der Waals surface area (Å²) in [5, 5.41) is 12.7. The summed E-state index contributed by atoms with van der Waals surface area (Å²) < 4.78 is 0. The molecule has 0 radical (unpaired) electrons. The van der Waals surface area contributed by atoms with Gasteiger partial charge in [-0.2, -0.15) is 0 Å². The van der Waals surface area contributed by atoms with Crippen LogP contribution in [0.1, 0.15) is 24.8 Å². The van der Waals surface area contributed by atoms with Crippen LogP contribution < -0.4 is 5.32 Å². The minimum absolute atomic E-state index is 0.255. The van der Waals surface area contributed by atoms with Crippen molar-refractivity contribution in [2.24, 2.45) is 5.41 Å². The van der Waals surface area contributed by atoms with E-state index in [1.807, 2.05) is 6.92 Å². The van der Waals surface area contributed by atoms with Gasteiger partial charge in [0.15, 0.2) is 0 Å². The van der Waals surface area contributed by atoms with Gasteiger partial charge in [-0.05, 0) is 31.6 Å². The summed E-state index contributed by atoms with van der Waals surface area (Å²) in [4.78, 5) is 8.07. The number of rotatable bonds is 5. The van der Waals surface area contributed by atoms with E-state index >= 15 is 0 Å². The highest BCUT2D eigenvalue weighted by Gasteiger charge is 2.41. The summed E-state index contributed by atoms with van der Waals surface area (Å²) in [5.41, 5.74) is 1.16. The Morgan fingerprint density at radius 1 is 1.50 bits per heavy atom. The second kappa shape index (κ2) is 4.55. The number of aromatic nitrogens is 2. The fourth-order valence-electron chi connectivity index (χ4n) is 1.81. The van der Waals surface area contributed by atoms with E-state index in [4.69, 9.17) is 16.7 Å². The maximum Gasteiger partial charge on any atom is 0.137 e. The molecule has 1 aromatic rings. The van der Waals surface area contributed by atoms with Gasteiger partial charge in [0.25, 0.3) is 0 Å². The van der Waals surface area contributed by atoms with E-state index in [2.05, 4.69) is 15.3 Å². The summed E-state index contributed by atoms with van der Waals surface area (Å²) in [5.74, 6) is 0.796. The zero-order valence-corrected chi connectivity index (χ0v) is 10.1. The number of aliphatic hydroxyl groups excluding tert-OH is 1. The fraction of sp³-hybridized carbons (Fsp3) is 0.636. The molecule has 0 amide bonds. The molecule has 0 spiro atoms. The number of halogens is 1. The molecular formula is C11H16ClN3O. The van der Waals surface area contributed by atoms with E-state index in [9.17, 15) is 0 Å². The summed E-state index contributed by atoms with van der Waals surface area (Å²) >= 11 is 5.91. The molecule has 0 unspecified atom stereocenters. The van der Waals surface area contributed by atoms with Crippen molar-refractivity contribution in [3.8, 4) is 0 Å². The Balaban J connectivity index is 1.97. The molecule has 0 aromatic carbocycles. The first-order valence-electron chi connectivity index (χ1n) is 5.49. The third-order valence-electron chi connectivity index (χ3n) is 3.25. The lowest BCUT2D eigenvalue weighted by atomic mass is 10.0. The van der Waals surface area contributed by atoms with Crippen LogP contribution in [-0.2, 0) is 0 Å². The van der Waals surface area contributed by atoms with Crippen molar-refractivity contribution in [3.05, 3.63) is 17.0 Å². The third-order valence-corrected chi connectivity index (χ3v) is 3.63. The van der Waals surface area contributed by atoms with Crippen molar-refractivity contribution in [1.29, 1.82) is 0 Å². The van der Waals surface area contributed by atoms with Crippen LogP contribution in [-0.4, -0.2) is 28.2 Å². The molecule has 1 heterocycles. The fourth-order valence-corrected chi connectivity index (χ4v) is 1.94. The smallest absolute Gasteiger partial charge is 0.137 e. The Morgan fingerprint density at radius 3 is 2.88 bits per heavy atom. The largest absolute Gasteiger partial charge is 0.396 e. The summed E-state index contributed by atoms with van der Waals surface area (Å²) in [6, 6.07) is 0. The predicted octanol–water partition coefficient (Wildman–Crippen LogP) is 2.01. The first kappa shape index (κ1) is 11.6. The molecule has 4 nitrogen and oxygen atoms in total. The van der Waals surface area contributed by atoms with Crippen molar-refractivity contribution in [2.45, 2.75) is 26.2 Å². The van der Waals surface area contributed by atoms with E-state index in [-0.39, 0.29) is 12.0 Å². The van der Waals surface area contributed by atoms with Gasteiger partial charge in [0.1, 0.15) is 17.3 Å². The Morgan fingerprint density at radius 2 is 2.25 bits per heavy atom. The van der Waals surface area contributed by atoms with E-state index in [1.165, 1.54) is 19.2 Å². The minimum atomic E-state index is 0.255. The zero-order chi connectivity index (χ0) is 11.6. The minimum Gasteiger partial charge on any atom is -0.396 e. The molecule has 88 valence electrons. The van der Waals surface area contributed by atoms with Gasteiger partial charge in [-0.15, -0.1) is 0 Å². The van der Waals surface area contributed by atoms with Crippen LogP contribution in [0, 0.1) is 12.3 Å². The Hall–Kier alpha value is -0.870. The van der Waals surface area contributed by atoms with E-state index in [0.717, 1.165) is 24.3 Å². The van der Waals surface area contributed by atoms with E-state index < -0.39 is 0 Å². The highest BCUT2D eigenvalue weighted by Crippen LogP contribution is 2.48. The monoisotopic (exact) mass is 241 g/mol. The van der Waals surface area contributed by atoms with Gasteiger partial charge >= 0.3 is 0 Å². The van der Waals surface area contributed by atoms with Gasteiger partial charge in [-0.25, -0.2) is 9.97 Å². The lowest BCUT2D eigenvalue weighted by Gasteiger charge is -2.16. The molecule has 0 bridgehead atoms. The molecule has 1 fully saturated rings. The van der Waals surface area contributed by atoms with Crippen LogP contribution in [0.4, 0.5) is 5.82 Å². The van der Waals surface area contributed by atoms with Crippen LogP contribution in [0.15, 0.2) is 6.33 Å². The maximum absolute atomic E-state index is 8.96. The van der Waals surface area contributed by atoms with Crippen LogP contribution in [0.25, 0.3) is 0 Å². The number of hydrogen-bond donors (Lipinski definition) is 2. The average molecular weight is 242 g/mol. The van der Waals surface area contributed by atoms with Crippen LogP contribution in [0.3, 0.4) is 0 Å². The Kier molecular flexibility index (Phi) is 3.30. The normalized spacial score (nSPS) is 17.2. The molecule has 5 heteroatoms. The van der Waals surface area contributed by atoms with Crippen molar-refractivity contribution in [3.63, 3.8) is 0 Å². The highest BCUT2D eigenvalue weighted by atomic mass is 35.5. The predicted molar refractivity (Wildman–Crippen MR) is 63.6 cm³/mol. The second-order valence-corrected chi connectivity index (χ2v) is 4.82. The molecule has 0 aliphatic heterocycles. The molecule has 2 rings (SSSR count). The van der Waals surface area contributed by atoms with Crippen LogP contribution >= 0.6 is 11.6 Å². The third kappa shape index (κ3) is 2.44. The first-order valence-corrected chi connectivity index (χ1v) is 5.86. The van der Waals surface area contributed by atoms with Crippen molar-refractivity contribution in [1.82, 2.24) is 9.97 Å². The molecule has 0 saturated heterocycles. The van der Waals surface area contributed by atoms with Crippen molar-refractivity contribution in [2.75, 3.05) is 18.5 Å². The zero-order valence-electron chi connectivity index (χ0n) is 9.33. The average Bonchev–Trinajstić information content (AvgIpc) is 3.02. The lowest BCUT2D eigenvalue weighted by molar-refractivity contribution is 0.253. The number of hydrogen-bond acceptors (Lipinski definition) is 4. The van der Waals surface area contributed by atoms with Gasteiger partial charge in [-0.1, -0.05) is 11.6 Å². The van der Waals surface area contributed by atoms with E-state index in [1.54, 1.807) is 0 Å². The Labute approximate surface area is 100 Å². The highest BCUT2D eigenvalue weighted by molar-refractivity contribution is 6.30. The molecule has 2 N–H and O–H groups in total. The molecule has 1 aliphatic rings. The summed E-state index contributed by atoms with van der Waals surface area (Å²) in [6.45, 7) is 3.00. The topological polar surface area (TPSA) is 58.0 Å². The molecular weight excluding hydrogens is 226 g/mol. The summed E-state index contributed by atoms with van der Waals surface area (Å²) in [7, 11) is 0. The molecule has 0 atom stereocenters. The number of nitrogens with one attached hydrogen (secondary N) is 1. The number of nitrogens with zero attached hydrogens (tertiary/aromatic N) is 2. The van der Waals surface area contributed by atoms with Crippen molar-refractivity contribution < 1.29 is 5.11 Å². The SMILES string of the molecule is Cc1c(Cl)ncnc1NCC1(CCO)CC1. The quantitative estimate of drug-likeness (QED) is 0.775. The van der Waals surface area contributed by atoms with Crippen molar-refractivity contribution >= 4 is 17.4 Å². The maximum atomic E-state index is 8.96. The molecule has 16 heavy (non-hydrogen) atoms. The molecule has 1 aromatic heterocycles. The van der Waals surface area contributed by atoms with E-state index in [0.29, 0.717) is 5.15 Å². The van der Waals surface area contributed by atoms with Gasteiger partial charge in [0.2, 0.25) is 0 Å². The molecule has 1 aliphatic carbocycles. The number of aliphatic hydroxyl groups is 1. The second-order valence-electron chi connectivity index (χ2n) is 4.47. The van der Waals surface area contributed by atoms with Gasteiger partial charge in [0.05, 0.1) is 0 Å². The van der Waals surface area contributed by atoms with Gasteiger partial charge in [-0.3, -0.25) is 0 Å². The lowest BCUT2D eigenvalue weighted by Crippen LogP contribution is -2.18. The summed E-state index contributed by atoms with van der Waals surface area (Å²) in [6.07, 6.45) is 4.68. The Bertz CT molecular complexity index is 379. The van der Waals surface area contributed by atoms with Gasteiger partial charge < -0.3 is 10.4 Å². The standard InChI is InChI=1S/C11H16ClN3O/c1-8-9(12)14-7-15-10(8)13-6-11(2-3-11)4-5-16/h7,16H,2-6H2,1H3,(H,13,14,15). The van der Waals surface area contributed by atoms with Gasteiger partial charge in [0, 0.05) is 18.7 Å². The molecule has 1 saturated carbocycles. The van der Waals surface area contributed by atoms with Crippen LogP contribution in [0.5, 0.6) is 0 Å². The first-order chi connectivity index (χ1) is 7.67. The van der Waals surface area contributed by atoms with Crippen LogP contribution in [0.2, 0.25) is 5.15 Å². The number of anilines is 1.